The lowest BCUT2D eigenvalue weighted by atomic mass is 9.66. The zero-order valence-corrected chi connectivity index (χ0v) is 35.7. The number of rotatable bonds is 15. The summed E-state index contributed by atoms with van der Waals surface area (Å²) in [5.41, 5.74) is 7.83. The van der Waals surface area contributed by atoms with E-state index in [4.69, 9.17) is 25.8 Å². The van der Waals surface area contributed by atoms with Crippen LogP contribution >= 0.6 is 11.6 Å². The molecule has 0 radical (unpaired) electrons. The summed E-state index contributed by atoms with van der Waals surface area (Å²) >= 11 is 6.90. The number of benzene rings is 3. The lowest BCUT2D eigenvalue weighted by molar-refractivity contribution is -0.144. The van der Waals surface area contributed by atoms with Gasteiger partial charge in [0.05, 0.1) is 23.3 Å². The molecule has 2 aliphatic heterocycles. The van der Waals surface area contributed by atoms with Gasteiger partial charge in [-0.1, -0.05) is 48.4 Å². The molecule has 0 amide bonds. The summed E-state index contributed by atoms with van der Waals surface area (Å²) < 4.78 is 19.2. The Bertz CT molecular complexity index is 2210. The van der Waals surface area contributed by atoms with Crippen molar-refractivity contribution >= 4 is 17.6 Å². The number of aliphatic carboxylic acids is 1. The van der Waals surface area contributed by atoms with E-state index in [2.05, 4.69) is 66.2 Å². The number of hydrogen-bond donors (Lipinski definition) is 1. The van der Waals surface area contributed by atoms with Crippen molar-refractivity contribution in [2.24, 2.45) is 11.3 Å². The highest BCUT2D eigenvalue weighted by Crippen LogP contribution is 2.46. The smallest absolute Gasteiger partial charge is 0.320 e. The molecule has 10 nitrogen and oxygen atoms in total. The number of piperidine rings is 2. The first-order chi connectivity index (χ1) is 29.1. The third-order valence-electron chi connectivity index (χ3n) is 13.1. The van der Waals surface area contributed by atoms with Gasteiger partial charge in [0.1, 0.15) is 42.6 Å². The van der Waals surface area contributed by atoms with E-state index >= 15 is 0 Å². The molecule has 4 aromatic rings. The Labute approximate surface area is 359 Å². The average Bonchev–Trinajstić information content (AvgIpc) is 3.26. The molecule has 3 aromatic carbocycles. The molecule has 1 N–H and O–H groups in total. The van der Waals surface area contributed by atoms with Crippen LogP contribution in [-0.2, 0) is 24.6 Å². The van der Waals surface area contributed by atoms with E-state index in [0.717, 1.165) is 96.4 Å². The summed E-state index contributed by atoms with van der Waals surface area (Å²) in [7, 11) is 0. The van der Waals surface area contributed by atoms with Crippen LogP contribution in [-0.4, -0.2) is 64.7 Å². The van der Waals surface area contributed by atoms with E-state index in [9.17, 15) is 20.4 Å². The Hall–Kier alpha value is -5.13. The molecule has 314 valence electrons. The molecule has 1 aliphatic carbocycles. The van der Waals surface area contributed by atoms with E-state index in [1.165, 1.54) is 31.9 Å². The maximum absolute atomic E-state index is 12.1. The van der Waals surface area contributed by atoms with Gasteiger partial charge in [0.15, 0.2) is 0 Å². The monoisotopic (exact) mass is 829 g/mol. The van der Waals surface area contributed by atoms with Gasteiger partial charge in [0, 0.05) is 48.6 Å². The molecule has 1 aromatic heterocycles. The van der Waals surface area contributed by atoms with Crippen LogP contribution in [0.1, 0.15) is 97.6 Å². The molecule has 1 spiro atoms. The van der Waals surface area contributed by atoms with Crippen LogP contribution in [0.25, 0.3) is 11.1 Å². The first-order valence-corrected chi connectivity index (χ1v) is 21.9. The normalized spacial score (nSPS) is 18.4. The first kappa shape index (κ1) is 43.0. The van der Waals surface area contributed by atoms with Crippen molar-refractivity contribution < 1.29 is 24.1 Å². The summed E-state index contributed by atoms with van der Waals surface area (Å²) in [6, 6.07) is 21.9. The minimum atomic E-state index is -0.830. The summed E-state index contributed by atoms with van der Waals surface area (Å²) in [6.07, 6.45) is 13.6. The number of hydrogen-bond acceptors (Lipinski definition) is 9. The molecule has 7 rings (SSSR count). The highest BCUT2D eigenvalue weighted by atomic mass is 35.5. The van der Waals surface area contributed by atoms with E-state index in [0.29, 0.717) is 53.6 Å². The zero-order valence-electron chi connectivity index (χ0n) is 34.9. The van der Waals surface area contributed by atoms with Crippen molar-refractivity contribution in [1.82, 2.24) is 14.8 Å². The first-order valence-electron chi connectivity index (χ1n) is 21.5. The molecule has 3 aliphatic rings. The highest BCUT2D eigenvalue weighted by Gasteiger charge is 2.38. The number of carboxylic acid groups (broad SMARTS) is 1. The number of pyridine rings is 1. The van der Waals surface area contributed by atoms with E-state index in [1.54, 1.807) is 18.3 Å². The van der Waals surface area contributed by atoms with Crippen LogP contribution in [0, 0.1) is 47.8 Å². The number of carbonyl (C=O) groups is 1. The Morgan fingerprint density at radius 2 is 1.60 bits per heavy atom. The molecular weight excluding hydrogens is 774 g/mol. The molecule has 3 heterocycles. The summed E-state index contributed by atoms with van der Waals surface area (Å²) in [4.78, 5) is 20.8. The number of nitrogens with zero attached hydrogens (tertiary/aromatic N) is 5. The van der Waals surface area contributed by atoms with Crippen molar-refractivity contribution in [3.8, 4) is 40.5 Å². The second kappa shape index (κ2) is 20.0. The van der Waals surface area contributed by atoms with Crippen LogP contribution in [0.5, 0.6) is 17.2 Å². The topological polar surface area (TPSA) is 132 Å². The van der Waals surface area contributed by atoms with Gasteiger partial charge in [0.2, 0.25) is 0 Å². The number of aromatic nitrogens is 1. The van der Waals surface area contributed by atoms with Crippen LogP contribution in [0.15, 0.2) is 67.0 Å². The second-order valence-electron chi connectivity index (χ2n) is 16.9. The van der Waals surface area contributed by atoms with Crippen molar-refractivity contribution in [2.75, 3.05) is 32.8 Å². The molecule has 11 heteroatoms. The molecule has 3 fully saturated rings. The predicted octanol–water partition coefficient (Wildman–Crippen LogP) is 10.1. The minimum Gasteiger partial charge on any atom is -0.493 e. The summed E-state index contributed by atoms with van der Waals surface area (Å²) in [5, 5.41) is 29.0. The highest BCUT2D eigenvalue weighted by molar-refractivity contribution is 6.32. The summed E-state index contributed by atoms with van der Waals surface area (Å²) in [6.45, 7) is 9.66. The van der Waals surface area contributed by atoms with Crippen molar-refractivity contribution in [1.29, 1.82) is 10.5 Å². The largest absolute Gasteiger partial charge is 0.493 e. The molecule has 1 saturated carbocycles. The van der Waals surface area contributed by atoms with Gasteiger partial charge in [0.25, 0.3) is 0 Å². The van der Waals surface area contributed by atoms with Gasteiger partial charge in [-0.3, -0.25) is 14.7 Å². The fourth-order valence-corrected chi connectivity index (χ4v) is 9.58. The number of carboxylic acids is 1. The maximum Gasteiger partial charge on any atom is 0.320 e. The Morgan fingerprint density at radius 1 is 0.850 bits per heavy atom. The van der Waals surface area contributed by atoms with Crippen LogP contribution in [0.3, 0.4) is 0 Å². The van der Waals surface area contributed by atoms with E-state index < -0.39 is 12.0 Å². The van der Waals surface area contributed by atoms with Gasteiger partial charge in [-0.15, -0.1) is 0 Å². The Kier molecular flexibility index (Phi) is 14.3. The Balaban J connectivity index is 0.998. The lowest BCUT2D eigenvalue weighted by Gasteiger charge is -2.45. The maximum atomic E-state index is 12.1. The van der Waals surface area contributed by atoms with Gasteiger partial charge in [-0.05, 0) is 143 Å². The minimum absolute atomic E-state index is 0.160. The number of ether oxygens (including phenoxy) is 3. The molecule has 0 bridgehead atoms. The van der Waals surface area contributed by atoms with E-state index in [1.807, 2.05) is 17.0 Å². The fourth-order valence-electron chi connectivity index (χ4n) is 9.34. The standard InChI is InChI=1S/C49H56ClN5O5/c1-34-39(8-5-9-41(34)42-10-6-12-45(35(42)2)58-23-7-19-54-21-17-49(18-22-54)15-13-36(27-51)14-16-49)33-60-47-26-46(59-32-38-24-37(28-52)29-53-30-38)40(25-43(47)50)31-55-20-4-3-11-44(55)48(56)57/h5-6,8-10,12,24-26,29-30,36,44H,3-4,7,11,13-23,31-33H2,1-2H3,(H,56,57)/t44-/m0/s1. The van der Waals surface area contributed by atoms with Crippen LogP contribution in [0.2, 0.25) is 5.02 Å². The number of likely N-dealkylation sites (tertiary alicyclic amines) is 2. The number of nitriles is 2. The summed E-state index contributed by atoms with van der Waals surface area (Å²) in [5.74, 6) is 1.32. The zero-order chi connectivity index (χ0) is 42.1. The van der Waals surface area contributed by atoms with Crippen LogP contribution < -0.4 is 14.2 Å². The number of halogens is 1. The van der Waals surface area contributed by atoms with Crippen LogP contribution in [0.4, 0.5) is 0 Å². The van der Waals surface area contributed by atoms with Gasteiger partial charge < -0.3 is 24.2 Å². The molecule has 60 heavy (non-hydrogen) atoms. The SMILES string of the molecule is Cc1c(COc2cc(OCc3cncc(C#N)c3)c(CN3CCCC[C@H]3C(=O)O)cc2Cl)cccc1-c1cccc(OCCCN2CCC3(CCC(C#N)CC3)CC2)c1C. The van der Waals surface area contributed by atoms with Crippen molar-refractivity contribution in [3.05, 3.63) is 105 Å². The molecule has 1 atom stereocenters. The van der Waals surface area contributed by atoms with Crippen molar-refractivity contribution in [3.63, 3.8) is 0 Å². The van der Waals surface area contributed by atoms with E-state index in [-0.39, 0.29) is 19.1 Å². The Morgan fingerprint density at radius 3 is 2.35 bits per heavy atom. The fraction of sp³-hybridized carbons (Fsp3) is 0.469. The quantitative estimate of drug-likeness (QED) is 0.116. The van der Waals surface area contributed by atoms with Gasteiger partial charge in [-0.25, -0.2) is 0 Å². The molecule has 0 unspecified atom stereocenters. The lowest BCUT2D eigenvalue weighted by Crippen LogP contribution is -2.44. The molecular formula is C49H56ClN5O5. The third-order valence-corrected chi connectivity index (χ3v) is 13.4. The average molecular weight is 830 g/mol. The van der Waals surface area contributed by atoms with Gasteiger partial charge in [-0.2, -0.15) is 10.5 Å². The predicted molar refractivity (Wildman–Crippen MR) is 232 cm³/mol. The van der Waals surface area contributed by atoms with Gasteiger partial charge >= 0.3 is 5.97 Å². The second-order valence-corrected chi connectivity index (χ2v) is 17.4. The molecule has 2 saturated heterocycles. The third kappa shape index (κ3) is 10.4. The van der Waals surface area contributed by atoms with Crippen molar-refractivity contribution in [2.45, 2.75) is 104 Å².